The topological polar surface area (TPSA) is 50.2 Å². The lowest BCUT2D eigenvalue weighted by Crippen LogP contribution is -2.71. The Hall–Kier alpha value is -1.52. The Morgan fingerprint density at radius 2 is 2.23 bits per heavy atom. The normalized spacial score (nSPS) is 26.0. The molecule has 1 N–H and O–H groups in total. The van der Waals surface area contributed by atoms with Gasteiger partial charge in [0.1, 0.15) is 0 Å². The van der Waals surface area contributed by atoms with Gasteiger partial charge >= 0.3 is 6.03 Å². The van der Waals surface area contributed by atoms with Crippen LogP contribution in [-0.4, -0.2) is 33.3 Å². The van der Waals surface area contributed by atoms with Crippen LogP contribution in [0.15, 0.2) is 12.4 Å². The highest BCUT2D eigenvalue weighted by Crippen LogP contribution is 2.55. The van der Waals surface area contributed by atoms with Crippen molar-refractivity contribution >= 4 is 11.7 Å². The second-order valence-electron chi connectivity index (χ2n) is 7.86. The summed E-state index contributed by atoms with van der Waals surface area (Å²) < 4.78 is 1.96. The highest BCUT2D eigenvalue weighted by Gasteiger charge is 2.58. The number of rotatable bonds is 4. The Bertz CT molecular complexity index is 571. The molecule has 4 rings (SSSR count). The number of carbonyl (C=O) groups excluding carboxylic acids is 1. The number of nitrogens with one attached hydrogen (secondary N) is 1. The molecule has 5 heteroatoms. The van der Waals surface area contributed by atoms with E-state index in [0.717, 1.165) is 24.7 Å². The van der Waals surface area contributed by atoms with Gasteiger partial charge in [-0.25, -0.2) is 4.79 Å². The van der Waals surface area contributed by atoms with Gasteiger partial charge in [0.2, 0.25) is 0 Å². The van der Waals surface area contributed by atoms with Crippen molar-refractivity contribution in [1.29, 1.82) is 0 Å². The first-order valence-corrected chi connectivity index (χ1v) is 8.67. The van der Waals surface area contributed by atoms with Gasteiger partial charge in [-0.15, -0.1) is 0 Å². The number of amides is 2. The molecular weight excluding hydrogens is 276 g/mol. The Morgan fingerprint density at radius 1 is 1.45 bits per heavy atom. The molecule has 1 atom stereocenters. The molecule has 1 unspecified atom stereocenters. The smallest absolute Gasteiger partial charge is 0.320 e. The van der Waals surface area contributed by atoms with Gasteiger partial charge in [-0.05, 0) is 37.5 Å². The predicted octanol–water partition coefficient (Wildman–Crippen LogP) is 3.34. The van der Waals surface area contributed by atoms with Gasteiger partial charge in [-0.2, -0.15) is 5.10 Å². The maximum atomic E-state index is 12.6. The molecule has 5 nitrogen and oxygen atoms in total. The summed E-state index contributed by atoms with van der Waals surface area (Å²) in [6.45, 7) is 6.38. The first-order chi connectivity index (χ1) is 10.6. The molecule has 2 heterocycles. The second-order valence-corrected chi connectivity index (χ2v) is 7.86. The molecule has 1 spiro atoms. The van der Waals surface area contributed by atoms with E-state index in [1.54, 1.807) is 6.20 Å². The summed E-state index contributed by atoms with van der Waals surface area (Å²) in [5.41, 5.74) is 1.25. The van der Waals surface area contributed by atoms with Gasteiger partial charge in [0.25, 0.3) is 0 Å². The van der Waals surface area contributed by atoms with E-state index in [4.69, 9.17) is 0 Å². The third kappa shape index (κ3) is 2.31. The van der Waals surface area contributed by atoms with Crippen molar-refractivity contribution in [3.63, 3.8) is 0 Å². The molecule has 1 aromatic heterocycles. The molecule has 2 saturated carbocycles. The summed E-state index contributed by atoms with van der Waals surface area (Å²) in [6.07, 6.45) is 10.3. The Kier molecular flexibility index (Phi) is 3.20. The number of likely N-dealkylation sites (tertiary alicyclic amines) is 1. The average Bonchev–Trinajstić information content (AvgIpc) is 3.05. The standard InChI is InChI=1S/C17H26N4O/c1-12(2)15-17(6-3-7-17)11-21(15)16(22)19-14-8-18-20(10-14)9-13-4-5-13/h8,10,12-13,15H,3-7,9,11H2,1-2H3,(H,19,22). The zero-order chi connectivity index (χ0) is 15.3. The van der Waals surface area contributed by atoms with Crippen molar-refractivity contribution in [3.05, 3.63) is 12.4 Å². The first-order valence-electron chi connectivity index (χ1n) is 8.67. The van der Waals surface area contributed by atoms with Crippen LogP contribution in [0.1, 0.15) is 46.0 Å². The quantitative estimate of drug-likeness (QED) is 0.927. The van der Waals surface area contributed by atoms with Crippen molar-refractivity contribution in [2.24, 2.45) is 17.3 Å². The van der Waals surface area contributed by atoms with Crippen LogP contribution in [0.5, 0.6) is 0 Å². The summed E-state index contributed by atoms with van der Waals surface area (Å²) in [4.78, 5) is 14.6. The fraction of sp³-hybridized carbons (Fsp3) is 0.765. The fourth-order valence-corrected chi connectivity index (χ4v) is 4.39. The van der Waals surface area contributed by atoms with E-state index in [1.807, 2.05) is 15.8 Å². The minimum Gasteiger partial charge on any atom is -0.320 e. The monoisotopic (exact) mass is 302 g/mol. The average molecular weight is 302 g/mol. The van der Waals surface area contributed by atoms with Crippen molar-refractivity contribution in [1.82, 2.24) is 14.7 Å². The van der Waals surface area contributed by atoms with Gasteiger partial charge < -0.3 is 10.2 Å². The van der Waals surface area contributed by atoms with E-state index < -0.39 is 0 Å². The second kappa shape index (κ2) is 5.00. The highest BCUT2D eigenvalue weighted by atomic mass is 16.2. The number of aromatic nitrogens is 2. The molecule has 0 radical (unpaired) electrons. The minimum atomic E-state index is 0.0437. The molecule has 1 aromatic rings. The van der Waals surface area contributed by atoms with Gasteiger partial charge in [0.15, 0.2) is 0 Å². The largest absolute Gasteiger partial charge is 0.322 e. The lowest BCUT2D eigenvalue weighted by molar-refractivity contribution is -0.114. The van der Waals surface area contributed by atoms with E-state index in [0.29, 0.717) is 17.4 Å². The Morgan fingerprint density at radius 3 is 2.82 bits per heavy atom. The highest BCUT2D eigenvalue weighted by molar-refractivity contribution is 5.90. The third-order valence-corrected chi connectivity index (χ3v) is 5.72. The zero-order valence-corrected chi connectivity index (χ0v) is 13.6. The third-order valence-electron chi connectivity index (χ3n) is 5.72. The summed E-state index contributed by atoms with van der Waals surface area (Å²) >= 11 is 0. The van der Waals surface area contributed by atoms with E-state index in [2.05, 4.69) is 24.3 Å². The number of anilines is 1. The lowest BCUT2D eigenvalue weighted by atomic mass is 9.55. The van der Waals surface area contributed by atoms with Crippen LogP contribution in [0.25, 0.3) is 0 Å². The van der Waals surface area contributed by atoms with Gasteiger partial charge in [-0.3, -0.25) is 4.68 Å². The summed E-state index contributed by atoms with van der Waals surface area (Å²) in [5.74, 6) is 1.32. The van der Waals surface area contributed by atoms with Crippen LogP contribution < -0.4 is 5.32 Å². The van der Waals surface area contributed by atoms with Crippen LogP contribution in [0, 0.1) is 17.3 Å². The summed E-state index contributed by atoms with van der Waals surface area (Å²) in [7, 11) is 0. The van der Waals surface area contributed by atoms with Crippen molar-refractivity contribution in [3.8, 4) is 0 Å². The number of hydrogen-bond donors (Lipinski definition) is 1. The van der Waals surface area contributed by atoms with Crippen LogP contribution in [0.3, 0.4) is 0 Å². The molecule has 1 aliphatic heterocycles. The van der Waals surface area contributed by atoms with Crippen LogP contribution in [0.4, 0.5) is 10.5 Å². The van der Waals surface area contributed by atoms with Crippen molar-refractivity contribution < 1.29 is 4.79 Å². The Labute approximate surface area is 132 Å². The molecule has 3 fully saturated rings. The molecule has 22 heavy (non-hydrogen) atoms. The maximum Gasteiger partial charge on any atom is 0.322 e. The van der Waals surface area contributed by atoms with E-state index in [9.17, 15) is 4.79 Å². The molecule has 1 saturated heterocycles. The molecule has 0 aromatic carbocycles. The predicted molar refractivity (Wildman–Crippen MR) is 85.6 cm³/mol. The molecule has 0 bridgehead atoms. The van der Waals surface area contributed by atoms with Crippen molar-refractivity contribution in [2.45, 2.75) is 58.5 Å². The maximum absolute atomic E-state index is 12.6. The van der Waals surface area contributed by atoms with Crippen LogP contribution >= 0.6 is 0 Å². The minimum absolute atomic E-state index is 0.0437. The van der Waals surface area contributed by atoms with E-state index in [1.165, 1.54) is 32.1 Å². The van der Waals surface area contributed by atoms with Crippen molar-refractivity contribution in [2.75, 3.05) is 11.9 Å². The number of hydrogen-bond acceptors (Lipinski definition) is 2. The van der Waals surface area contributed by atoms with Gasteiger partial charge in [0, 0.05) is 30.7 Å². The summed E-state index contributed by atoms with van der Waals surface area (Å²) in [5, 5.41) is 7.38. The number of carbonyl (C=O) groups is 1. The molecule has 3 aliphatic rings. The number of nitrogens with zero attached hydrogens (tertiary/aromatic N) is 3. The van der Waals surface area contributed by atoms with Gasteiger partial charge in [-0.1, -0.05) is 20.3 Å². The molecule has 120 valence electrons. The van der Waals surface area contributed by atoms with E-state index in [-0.39, 0.29) is 6.03 Å². The SMILES string of the molecule is CC(C)C1N(C(=O)Nc2cnn(CC3CC3)c2)CC12CCC2. The number of urea groups is 1. The molecular formula is C17H26N4O. The van der Waals surface area contributed by atoms with E-state index >= 15 is 0 Å². The van der Waals surface area contributed by atoms with Gasteiger partial charge in [0.05, 0.1) is 11.9 Å². The summed E-state index contributed by atoms with van der Waals surface area (Å²) in [6, 6.07) is 0.449. The Balaban J connectivity index is 1.38. The fourth-order valence-electron chi connectivity index (χ4n) is 4.39. The van der Waals surface area contributed by atoms with Crippen LogP contribution in [0.2, 0.25) is 0 Å². The van der Waals surface area contributed by atoms with Crippen LogP contribution in [-0.2, 0) is 6.54 Å². The zero-order valence-electron chi connectivity index (χ0n) is 13.6. The molecule has 2 aliphatic carbocycles. The lowest BCUT2D eigenvalue weighted by Gasteiger charge is -2.63. The first kappa shape index (κ1) is 14.1. The molecule has 2 amide bonds.